The van der Waals surface area contributed by atoms with Crippen LogP contribution < -0.4 is 0 Å². The van der Waals surface area contributed by atoms with Crippen molar-refractivity contribution in [2.24, 2.45) is 0 Å². The second-order valence-electron chi connectivity index (χ2n) is 27.1. The first-order valence-electron chi connectivity index (χ1n) is 33.6. The fourth-order valence-electron chi connectivity index (χ4n) is 12.5. The van der Waals surface area contributed by atoms with Crippen molar-refractivity contribution in [3.05, 3.63) is 308 Å². The third-order valence-corrected chi connectivity index (χ3v) is 17.1. The summed E-state index contributed by atoms with van der Waals surface area (Å²) >= 11 is 0. The van der Waals surface area contributed by atoms with E-state index in [1.807, 2.05) is 73.2 Å². The molecule has 9 nitrogen and oxygen atoms in total. The summed E-state index contributed by atoms with van der Waals surface area (Å²) in [5, 5.41) is 47.9. The monoisotopic (exact) mass is 1910 g/mol. The summed E-state index contributed by atoms with van der Waals surface area (Å²) < 4.78 is 0. The number of aliphatic hydroxyl groups is 3. The van der Waals surface area contributed by atoms with Crippen LogP contribution in [0.2, 0.25) is 0 Å². The molecule has 0 fully saturated rings. The molecule has 15 rings (SSSR count). The summed E-state index contributed by atoms with van der Waals surface area (Å²) in [6.45, 7) is 22.6. The van der Waals surface area contributed by atoms with Crippen molar-refractivity contribution in [1.29, 1.82) is 0 Å². The fourth-order valence-corrected chi connectivity index (χ4v) is 12.5. The van der Waals surface area contributed by atoms with Gasteiger partial charge in [0.2, 0.25) is 0 Å². The first-order chi connectivity index (χ1) is 48.3. The number of hydrogen-bond donors (Lipinski definition) is 3. The average molecular weight is 1910 g/mol. The number of pyridine rings is 3. The van der Waals surface area contributed by atoms with Gasteiger partial charge in [-0.2, -0.15) is 0 Å². The van der Waals surface area contributed by atoms with Crippen molar-refractivity contribution in [2.75, 3.05) is 0 Å². The Morgan fingerprint density at radius 1 is 0.298 bits per heavy atom. The van der Waals surface area contributed by atoms with E-state index in [2.05, 4.69) is 245 Å². The minimum Gasteiger partial charge on any atom is -0.512 e. The van der Waals surface area contributed by atoms with Crippen molar-refractivity contribution in [2.45, 2.75) is 93.9 Å². The number of fused-ring (bicyclic) bond motifs is 15. The number of aromatic nitrogens is 3. The molecule has 15 aromatic rings. The van der Waals surface area contributed by atoms with E-state index < -0.39 is 0 Å². The molecule has 0 saturated carbocycles. The number of benzene rings is 12. The number of hydrogen-bond acceptors (Lipinski definition) is 6. The molecule has 12 heteroatoms. The summed E-state index contributed by atoms with van der Waals surface area (Å²) in [4.78, 5) is 39.1. The Labute approximate surface area is 649 Å². The molecule has 0 spiro atoms. The van der Waals surface area contributed by atoms with Crippen molar-refractivity contribution in [3.8, 4) is 33.8 Å². The van der Waals surface area contributed by atoms with E-state index in [1.165, 1.54) is 168 Å². The van der Waals surface area contributed by atoms with E-state index in [0.29, 0.717) is 0 Å². The zero-order valence-electron chi connectivity index (χ0n) is 60.4. The molecule has 531 valence electrons. The van der Waals surface area contributed by atoms with Gasteiger partial charge in [0.25, 0.3) is 0 Å². The molecule has 3 aromatic heterocycles. The average Bonchev–Trinajstić information content (AvgIpc) is 0.752. The molecular weight excluding hydrogens is 1820 g/mol. The second-order valence-corrected chi connectivity index (χ2v) is 27.1. The van der Waals surface area contributed by atoms with Crippen LogP contribution in [-0.2, 0) is 71.1 Å². The maximum absolute atomic E-state index is 8.40. The number of allylic oxidation sites excluding steroid dienone is 6. The molecule has 0 saturated heterocycles. The molecule has 0 aliphatic heterocycles. The normalized spacial score (nSPS) is 11.4. The van der Waals surface area contributed by atoms with E-state index in [9.17, 15) is 0 Å². The predicted octanol–water partition coefficient (Wildman–Crippen LogP) is 23.7. The Balaban J connectivity index is 0.000000189. The molecule has 3 heterocycles. The standard InChI is InChI=1S/2C27H22N.C23H14N.3C5H8O2.3Ir/c1-27(2,3)20-11-9-18-10-12-21-22(25(18)17-20)13-14-24-23(21)15-16-28-26(24)19-7-5-4-6-8-19;1-27(2,3)20-10-12-21-19(17-20)9-11-23-22(21)13-14-25-24(23)15-16-28-26(25)18-7-5-4-6-8-18;1-2-7-17(8-3-1)23-22-13-12-19-18-9-5-4-6-16(18)10-11-20(19)21(22)14-15-24-23;3*1-4(6)3-5(2)7;;;/h2*4-7,9-17H,1-3H3;1-7,9-15H;3*3,6H,1-2H3;;;/q3*-1;;;;;;/p+3. The minimum absolute atomic E-state index is 0. The van der Waals surface area contributed by atoms with Gasteiger partial charge in [0.15, 0.2) is 0 Å². The van der Waals surface area contributed by atoms with Gasteiger partial charge < -0.3 is 30.3 Å². The summed E-state index contributed by atoms with van der Waals surface area (Å²) in [6.07, 6.45) is 9.55. The van der Waals surface area contributed by atoms with Crippen LogP contribution in [-0.4, -0.2) is 62.0 Å². The van der Waals surface area contributed by atoms with Gasteiger partial charge in [-0.15, -0.1) is 108 Å². The second kappa shape index (κ2) is 36.4. The van der Waals surface area contributed by atoms with Crippen LogP contribution in [0, 0.1) is 18.2 Å². The first-order valence-corrected chi connectivity index (χ1v) is 33.6. The Bertz CT molecular complexity index is 5590. The summed E-state index contributed by atoms with van der Waals surface area (Å²) in [5.74, 6) is 0.750. The fraction of sp³-hybridized carbons (Fsp3) is 0.152. The quantitative estimate of drug-likeness (QED) is 0.0493. The number of nitrogens with zero attached hydrogens (tertiary/aromatic N) is 3. The smallest absolute Gasteiger partial charge is 0.316 e. The summed E-state index contributed by atoms with van der Waals surface area (Å²) in [7, 11) is 0. The largest absolute Gasteiger partial charge is 0.512 e. The molecule has 0 aliphatic carbocycles. The van der Waals surface area contributed by atoms with Crippen molar-refractivity contribution in [3.63, 3.8) is 0 Å². The van der Waals surface area contributed by atoms with Crippen molar-refractivity contribution >= 4 is 114 Å². The Kier molecular flexibility index (Phi) is 28.5. The first kappa shape index (κ1) is 81.3. The summed E-state index contributed by atoms with van der Waals surface area (Å²) in [6, 6.07) is 89.4. The zero-order chi connectivity index (χ0) is 72.1. The zero-order valence-corrected chi connectivity index (χ0v) is 67.5. The van der Waals surface area contributed by atoms with Gasteiger partial charge in [0.1, 0.15) is 0 Å². The van der Waals surface area contributed by atoms with Crippen LogP contribution in [0.1, 0.15) is 94.2 Å². The van der Waals surface area contributed by atoms with Crippen LogP contribution >= 0.6 is 0 Å². The van der Waals surface area contributed by atoms with Crippen LogP contribution in [0.4, 0.5) is 0 Å². The van der Waals surface area contributed by atoms with Gasteiger partial charge >= 0.3 is 17.3 Å². The van der Waals surface area contributed by atoms with Crippen molar-refractivity contribution in [1.82, 2.24) is 15.0 Å². The Morgan fingerprint density at radius 3 is 0.913 bits per heavy atom. The minimum atomic E-state index is 0. The molecule has 0 amide bonds. The van der Waals surface area contributed by atoms with Gasteiger partial charge in [-0.3, -0.25) is 14.4 Å². The van der Waals surface area contributed by atoms with Crippen molar-refractivity contribution < 1.29 is 90.0 Å². The number of aliphatic hydroxyl groups excluding tert-OH is 3. The van der Waals surface area contributed by atoms with Crippen LogP contribution in [0.15, 0.2) is 279 Å². The number of rotatable bonds is 6. The summed E-state index contributed by atoms with van der Waals surface area (Å²) in [5.41, 5.74) is 9.07. The van der Waals surface area contributed by atoms with Gasteiger partial charge in [-0.1, -0.05) is 175 Å². The molecule has 0 aliphatic rings. The topological polar surface area (TPSA) is 164 Å². The van der Waals surface area contributed by atoms with E-state index in [-0.39, 0.29) is 106 Å². The molecule has 0 atom stereocenters. The van der Waals surface area contributed by atoms with E-state index >= 15 is 0 Å². The molecular formula is C92H85Ir3N3O6. The third kappa shape index (κ3) is 20.0. The predicted molar refractivity (Wildman–Crippen MR) is 427 cm³/mol. The maximum Gasteiger partial charge on any atom is 0.316 e. The number of carbonyl (C=O) groups excluding carboxylic acids is 3. The third-order valence-electron chi connectivity index (χ3n) is 17.1. The molecule has 0 bridgehead atoms. The van der Waals surface area contributed by atoms with Gasteiger partial charge in [0.05, 0.1) is 56.3 Å². The Morgan fingerprint density at radius 2 is 0.567 bits per heavy atom. The molecule has 6 N–H and O–H groups in total. The van der Waals surface area contributed by atoms with Crippen LogP contribution in [0.3, 0.4) is 0 Å². The van der Waals surface area contributed by atoms with E-state index in [1.54, 1.807) is 0 Å². The van der Waals surface area contributed by atoms with Gasteiger partial charge in [0, 0.05) is 78.9 Å². The SMILES string of the molecule is CC(=[OH+])C=C(C)O.CC(=[OH+])C=C(C)O.CC(=[OH+])C=C(C)O.CC(C)(C)c1ccc2c(ccc3c4ccnc(-c5[c-]cccc5)c4ccc23)c1.CC(C)(C)c1ccc2ccc3c4ccnc(-c5[c-]cccc5)c4ccc3c2c1.[Ir].[Ir].[Ir].[c-]1ccccc1-c1nccc2c1ccc1c3ccccc3ccc21. The molecule has 104 heavy (non-hydrogen) atoms. The van der Waals surface area contributed by atoms with Gasteiger partial charge in [-0.25, -0.2) is 0 Å². The number of ketones is 3. The molecule has 3 radical (unpaired) electrons. The van der Waals surface area contributed by atoms with Gasteiger partial charge in [-0.05, 0) is 175 Å². The molecule has 12 aromatic carbocycles. The van der Waals surface area contributed by atoms with Crippen LogP contribution in [0.25, 0.3) is 131 Å². The maximum atomic E-state index is 8.40. The van der Waals surface area contributed by atoms with E-state index in [4.69, 9.17) is 29.7 Å². The van der Waals surface area contributed by atoms with Crippen LogP contribution in [0.5, 0.6) is 0 Å². The molecule has 0 unspecified atom stereocenters. The Hall–Kier alpha value is -9.99. The van der Waals surface area contributed by atoms with E-state index in [0.717, 1.165) is 33.8 Å².